The molecule has 2 unspecified atom stereocenters. The van der Waals surface area contributed by atoms with E-state index in [2.05, 4.69) is 5.32 Å². The lowest BCUT2D eigenvalue weighted by atomic mass is 9.65. The number of ether oxygens (including phenoxy) is 2. The Hall–Kier alpha value is -2.45. The maximum Gasteiger partial charge on any atom is 0.312 e. The van der Waals surface area contributed by atoms with Gasteiger partial charge in [0, 0.05) is 18.8 Å². The molecule has 4 rings (SSSR count). The summed E-state index contributed by atoms with van der Waals surface area (Å²) in [6.45, 7) is 7.89. The van der Waals surface area contributed by atoms with Crippen LogP contribution in [0.25, 0.3) is 0 Å². The molecule has 1 aromatic carbocycles. The van der Waals surface area contributed by atoms with Gasteiger partial charge in [-0.3, -0.25) is 14.4 Å². The van der Waals surface area contributed by atoms with Gasteiger partial charge in [-0.15, -0.1) is 0 Å². The van der Waals surface area contributed by atoms with Crippen molar-refractivity contribution >= 4 is 23.5 Å². The number of rotatable bonds is 8. The minimum absolute atomic E-state index is 0.103. The highest BCUT2D eigenvalue weighted by atomic mass is 16.6. The van der Waals surface area contributed by atoms with Gasteiger partial charge in [-0.25, -0.2) is 0 Å². The molecule has 3 saturated heterocycles. The van der Waals surface area contributed by atoms with Gasteiger partial charge in [0.2, 0.25) is 11.8 Å². The zero-order valence-electron chi connectivity index (χ0n) is 19.8. The van der Waals surface area contributed by atoms with E-state index in [0.717, 1.165) is 11.1 Å². The van der Waals surface area contributed by atoms with Crippen molar-refractivity contribution in [2.75, 3.05) is 25.1 Å². The summed E-state index contributed by atoms with van der Waals surface area (Å²) in [5.41, 5.74) is 0.737. The molecule has 2 amide bonds. The molecule has 180 valence electrons. The highest BCUT2D eigenvalue weighted by molar-refractivity contribution is 6.03. The monoisotopic (exact) mass is 458 g/mol. The normalized spacial score (nSPS) is 32.2. The Bertz CT molecular complexity index is 964. The number of anilines is 1. The second-order valence-corrected chi connectivity index (χ2v) is 9.50. The van der Waals surface area contributed by atoms with Crippen molar-refractivity contribution in [3.05, 3.63) is 29.3 Å². The summed E-state index contributed by atoms with van der Waals surface area (Å²) >= 11 is 0. The van der Waals surface area contributed by atoms with Gasteiger partial charge in [0.05, 0.1) is 18.1 Å². The summed E-state index contributed by atoms with van der Waals surface area (Å²) in [7, 11) is 0. The predicted octanol–water partition coefficient (Wildman–Crippen LogP) is 2.34. The fraction of sp³-hybridized carbons (Fsp3) is 0.640. The Balaban J connectivity index is 1.75. The summed E-state index contributed by atoms with van der Waals surface area (Å²) in [4.78, 5) is 42.0. The summed E-state index contributed by atoms with van der Waals surface area (Å²) in [5, 5.41) is 12.4. The minimum Gasteiger partial charge on any atom is -0.466 e. The maximum absolute atomic E-state index is 13.8. The zero-order valence-corrected chi connectivity index (χ0v) is 19.8. The molecule has 1 aromatic rings. The zero-order chi connectivity index (χ0) is 24.0. The fourth-order valence-corrected chi connectivity index (χ4v) is 6.16. The van der Waals surface area contributed by atoms with Crippen LogP contribution in [-0.4, -0.2) is 64.8 Å². The van der Waals surface area contributed by atoms with Gasteiger partial charge in [0.1, 0.15) is 17.6 Å². The molecule has 2 bridgehead atoms. The maximum atomic E-state index is 13.8. The van der Waals surface area contributed by atoms with Gasteiger partial charge < -0.3 is 24.8 Å². The molecule has 3 heterocycles. The topological polar surface area (TPSA) is 105 Å². The average molecular weight is 459 g/mol. The van der Waals surface area contributed by atoms with Gasteiger partial charge in [-0.05, 0) is 63.6 Å². The van der Waals surface area contributed by atoms with Crippen molar-refractivity contribution in [2.45, 2.75) is 70.6 Å². The highest BCUT2D eigenvalue weighted by Gasteiger charge is 2.78. The molecule has 3 aliphatic heterocycles. The van der Waals surface area contributed by atoms with Crippen molar-refractivity contribution < 1.29 is 29.0 Å². The molecule has 0 saturated carbocycles. The number of aryl methyl sites for hydroxylation is 2. The van der Waals surface area contributed by atoms with Gasteiger partial charge in [-0.1, -0.05) is 19.1 Å². The molecule has 5 atom stereocenters. The molecule has 2 N–H and O–H groups in total. The molecule has 8 nitrogen and oxygen atoms in total. The van der Waals surface area contributed by atoms with Crippen molar-refractivity contribution in [3.63, 3.8) is 0 Å². The lowest BCUT2D eigenvalue weighted by molar-refractivity contribution is -0.160. The second kappa shape index (κ2) is 8.72. The quantitative estimate of drug-likeness (QED) is 0.580. The van der Waals surface area contributed by atoms with E-state index in [1.165, 1.54) is 4.90 Å². The number of benzene rings is 1. The molecule has 3 fully saturated rings. The van der Waals surface area contributed by atoms with E-state index in [9.17, 15) is 19.5 Å². The first-order valence-corrected chi connectivity index (χ1v) is 11.9. The highest BCUT2D eigenvalue weighted by Crippen LogP contribution is 2.64. The molecule has 33 heavy (non-hydrogen) atoms. The van der Waals surface area contributed by atoms with Crippen molar-refractivity contribution in [1.29, 1.82) is 0 Å². The van der Waals surface area contributed by atoms with E-state index in [1.807, 2.05) is 39.0 Å². The summed E-state index contributed by atoms with van der Waals surface area (Å²) in [6, 6.07) is 4.94. The number of hydrogen-bond donors (Lipinski definition) is 2. The van der Waals surface area contributed by atoms with Gasteiger partial charge in [0.25, 0.3) is 0 Å². The van der Waals surface area contributed by atoms with Crippen LogP contribution in [-0.2, 0) is 23.9 Å². The second-order valence-electron chi connectivity index (χ2n) is 9.50. The molecule has 0 aromatic heterocycles. The Morgan fingerprint density at radius 1 is 1.27 bits per heavy atom. The number of aliphatic hydroxyl groups excluding tert-OH is 1. The lowest BCUT2D eigenvalue weighted by Gasteiger charge is -2.33. The van der Waals surface area contributed by atoms with Gasteiger partial charge >= 0.3 is 5.97 Å². The molecule has 0 aliphatic carbocycles. The van der Waals surface area contributed by atoms with Crippen LogP contribution in [0.3, 0.4) is 0 Å². The molecular formula is C25H34N2O6. The van der Waals surface area contributed by atoms with Crippen LogP contribution >= 0.6 is 0 Å². The van der Waals surface area contributed by atoms with Crippen LogP contribution in [0.2, 0.25) is 0 Å². The number of carbonyl (C=O) groups is 3. The first-order valence-electron chi connectivity index (χ1n) is 11.9. The average Bonchev–Trinajstić information content (AvgIpc) is 3.38. The summed E-state index contributed by atoms with van der Waals surface area (Å²) < 4.78 is 12.0. The van der Waals surface area contributed by atoms with E-state index in [1.54, 1.807) is 6.92 Å². The number of nitrogens with one attached hydrogen (secondary N) is 1. The smallest absolute Gasteiger partial charge is 0.312 e. The van der Waals surface area contributed by atoms with Crippen LogP contribution < -0.4 is 5.32 Å². The van der Waals surface area contributed by atoms with Crippen LogP contribution in [0.5, 0.6) is 0 Å². The number of amides is 2. The van der Waals surface area contributed by atoms with Crippen LogP contribution in [0.15, 0.2) is 18.2 Å². The largest absolute Gasteiger partial charge is 0.466 e. The van der Waals surface area contributed by atoms with Crippen LogP contribution in [0, 0.1) is 25.7 Å². The number of fused-ring (bicyclic) bond motifs is 1. The molecule has 1 spiro atoms. The van der Waals surface area contributed by atoms with Crippen molar-refractivity contribution in [3.8, 4) is 0 Å². The number of nitrogens with zero attached hydrogens (tertiary/aromatic N) is 1. The third-order valence-electron chi connectivity index (χ3n) is 7.68. The lowest BCUT2D eigenvalue weighted by Crippen LogP contribution is -2.53. The Morgan fingerprint density at radius 3 is 2.70 bits per heavy atom. The predicted molar refractivity (Wildman–Crippen MR) is 121 cm³/mol. The van der Waals surface area contributed by atoms with Gasteiger partial charge in [-0.2, -0.15) is 0 Å². The van der Waals surface area contributed by atoms with E-state index in [-0.39, 0.29) is 31.6 Å². The first kappa shape index (κ1) is 23.7. The molecule has 3 aliphatic rings. The van der Waals surface area contributed by atoms with Crippen molar-refractivity contribution in [2.24, 2.45) is 11.8 Å². The Morgan fingerprint density at radius 2 is 2.03 bits per heavy atom. The number of likely N-dealkylation sites (tertiary alicyclic amines) is 1. The van der Waals surface area contributed by atoms with E-state index < -0.39 is 35.0 Å². The minimum atomic E-state index is -1.08. The molecular weight excluding hydrogens is 424 g/mol. The first-order chi connectivity index (χ1) is 15.7. The number of carbonyl (C=O) groups excluding carboxylic acids is 3. The number of aliphatic hydroxyl groups is 1. The van der Waals surface area contributed by atoms with Crippen LogP contribution in [0.4, 0.5) is 5.69 Å². The van der Waals surface area contributed by atoms with E-state index >= 15 is 0 Å². The third kappa shape index (κ3) is 3.54. The number of esters is 1. The Kier molecular flexibility index (Phi) is 6.26. The summed E-state index contributed by atoms with van der Waals surface area (Å²) in [5.74, 6) is -2.53. The third-order valence-corrected chi connectivity index (χ3v) is 7.68. The van der Waals surface area contributed by atoms with Crippen LogP contribution in [0.1, 0.15) is 50.7 Å². The molecule has 8 heteroatoms. The van der Waals surface area contributed by atoms with Crippen molar-refractivity contribution in [1.82, 2.24) is 4.90 Å². The number of hydrogen-bond acceptors (Lipinski definition) is 6. The summed E-state index contributed by atoms with van der Waals surface area (Å²) in [6.07, 6.45) is 2.01. The fourth-order valence-electron chi connectivity index (χ4n) is 6.16. The standard InChI is InChI=1S/C25H34N2O6/c1-5-24-10-11-25(33-24)18(19(24)23(31)32-6-2)22(30)27(12-7-13-28)20(25)21(29)26-17-14-15(3)8-9-16(17)4/h8-9,14,18-20,28H,5-7,10-13H2,1-4H3,(H,26,29)/t18-,19+,20?,24-,25?/m0/s1. The van der Waals surface area contributed by atoms with E-state index in [0.29, 0.717) is 31.4 Å². The Labute approximate surface area is 194 Å². The van der Waals surface area contributed by atoms with E-state index in [4.69, 9.17) is 9.47 Å². The SMILES string of the molecule is CCOC(=O)[C@H]1[C@H]2C(=O)N(CCCO)C(C(=O)Nc3cc(C)ccc3C)C23CC[C@]1(CC)O3. The molecule has 0 radical (unpaired) electrons. The van der Waals surface area contributed by atoms with Gasteiger partial charge in [0.15, 0.2) is 0 Å².